The molecule has 3 rings (SSSR count). The predicted molar refractivity (Wildman–Crippen MR) is 106 cm³/mol. The fourth-order valence-electron chi connectivity index (χ4n) is 3.40. The molecule has 3 unspecified atom stereocenters. The summed E-state index contributed by atoms with van der Waals surface area (Å²) < 4.78 is 1.86. The topological polar surface area (TPSA) is 59.8 Å². The summed E-state index contributed by atoms with van der Waals surface area (Å²) in [5.41, 5.74) is 1.91. The van der Waals surface area contributed by atoms with Gasteiger partial charge in [-0.1, -0.05) is 56.1 Å². The molecule has 1 amide bonds. The fraction of sp³-hybridized carbons (Fsp3) is 0.526. The zero-order chi connectivity index (χ0) is 18.7. The third-order valence-electron chi connectivity index (χ3n) is 5.34. The first kappa shape index (κ1) is 19.2. The van der Waals surface area contributed by atoms with Gasteiger partial charge in [0, 0.05) is 11.1 Å². The standard InChI is InChI=1S/C19H25ClN4OS/c1-12-5-4-6-17(14(12)3)22-18(25)10-26-19-23-21-11-24(19)15-8-7-13(2)16(20)9-15/h7-9,11-12,14,17H,4-6,10H2,1-3H3,(H,22,25). The Labute approximate surface area is 163 Å². The number of rotatable bonds is 5. The predicted octanol–water partition coefficient (Wildman–Crippen LogP) is 4.26. The number of carbonyl (C=O) groups is 1. The Morgan fingerprint density at radius 3 is 2.96 bits per heavy atom. The van der Waals surface area contributed by atoms with E-state index in [1.807, 2.05) is 29.7 Å². The number of nitrogens with zero attached hydrogens (tertiary/aromatic N) is 3. The normalized spacial score (nSPS) is 23.0. The minimum absolute atomic E-state index is 0.0532. The summed E-state index contributed by atoms with van der Waals surface area (Å²) in [5.74, 6) is 1.57. The summed E-state index contributed by atoms with van der Waals surface area (Å²) in [6, 6.07) is 6.10. The van der Waals surface area contributed by atoms with E-state index in [-0.39, 0.29) is 11.9 Å². The molecule has 1 aliphatic carbocycles. The first-order valence-electron chi connectivity index (χ1n) is 9.04. The SMILES string of the molecule is Cc1ccc(-n2cnnc2SCC(=O)NC2CCCC(C)C2C)cc1Cl. The number of aryl methyl sites for hydroxylation is 1. The lowest BCUT2D eigenvalue weighted by Gasteiger charge is -2.34. The van der Waals surface area contributed by atoms with Crippen LogP contribution < -0.4 is 5.32 Å². The minimum Gasteiger partial charge on any atom is -0.352 e. The molecule has 2 aromatic rings. The maximum absolute atomic E-state index is 12.4. The number of thioether (sulfide) groups is 1. The van der Waals surface area contributed by atoms with Gasteiger partial charge in [-0.3, -0.25) is 9.36 Å². The number of nitrogens with one attached hydrogen (secondary N) is 1. The second-order valence-electron chi connectivity index (χ2n) is 7.15. The summed E-state index contributed by atoms with van der Waals surface area (Å²) in [7, 11) is 0. The van der Waals surface area contributed by atoms with E-state index >= 15 is 0 Å². The van der Waals surface area contributed by atoms with Gasteiger partial charge >= 0.3 is 0 Å². The summed E-state index contributed by atoms with van der Waals surface area (Å²) in [5, 5.41) is 12.7. The molecule has 0 spiro atoms. The van der Waals surface area contributed by atoms with Crippen LogP contribution in [-0.4, -0.2) is 32.5 Å². The van der Waals surface area contributed by atoms with Crippen molar-refractivity contribution >= 4 is 29.3 Å². The van der Waals surface area contributed by atoms with Gasteiger partial charge in [-0.2, -0.15) is 0 Å². The Morgan fingerprint density at radius 1 is 1.38 bits per heavy atom. The zero-order valence-electron chi connectivity index (χ0n) is 15.4. The number of benzene rings is 1. The van der Waals surface area contributed by atoms with Gasteiger partial charge < -0.3 is 5.32 Å². The van der Waals surface area contributed by atoms with E-state index in [1.54, 1.807) is 6.33 Å². The Kier molecular flexibility index (Phi) is 6.24. The van der Waals surface area contributed by atoms with Crippen LogP contribution in [0, 0.1) is 18.8 Å². The van der Waals surface area contributed by atoms with Crippen LogP contribution in [0.25, 0.3) is 5.69 Å². The number of hydrogen-bond donors (Lipinski definition) is 1. The molecule has 5 nitrogen and oxygen atoms in total. The third-order valence-corrected chi connectivity index (χ3v) is 6.69. The van der Waals surface area contributed by atoms with Crippen LogP contribution in [0.1, 0.15) is 38.7 Å². The van der Waals surface area contributed by atoms with Crippen molar-refractivity contribution < 1.29 is 4.79 Å². The van der Waals surface area contributed by atoms with Gasteiger partial charge in [0.25, 0.3) is 0 Å². The molecule has 1 N–H and O–H groups in total. The second-order valence-corrected chi connectivity index (χ2v) is 8.50. The van der Waals surface area contributed by atoms with Gasteiger partial charge in [0.05, 0.1) is 11.4 Å². The highest BCUT2D eigenvalue weighted by molar-refractivity contribution is 7.99. The lowest BCUT2D eigenvalue weighted by atomic mass is 9.78. The van der Waals surface area contributed by atoms with E-state index < -0.39 is 0 Å². The quantitative estimate of drug-likeness (QED) is 0.772. The largest absolute Gasteiger partial charge is 0.352 e. The Bertz CT molecular complexity index is 779. The van der Waals surface area contributed by atoms with Crippen molar-refractivity contribution in [2.24, 2.45) is 11.8 Å². The molecule has 7 heteroatoms. The first-order valence-corrected chi connectivity index (χ1v) is 10.4. The molecule has 1 heterocycles. The van der Waals surface area contributed by atoms with Gasteiger partial charge in [0.1, 0.15) is 6.33 Å². The van der Waals surface area contributed by atoms with Gasteiger partial charge in [0.2, 0.25) is 5.91 Å². The molecule has 1 aromatic heterocycles. The van der Waals surface area contributed by atoms with Crippen molar-refractivity contribution in [1.29, 1.82) is 0 Å². The first-order chi connectivity index (χ1) is 12.5. The average Bonchev–Trinajstić information content (AvgIpc) is 3.08. The average molecular weight is 393 g/mol. The van der Waals surface area contributed by atoms with Crippen LogP contribution in [0.15, 0.2) is 29.7 Å². The summed E-state index contributed by atoms with van der Waals surface area (Å²) in [4.78, 5) is 12.4. The molecular weight excluding hydrogens is 368 g/mol. The third kappa shape index (κ3) is 4.41. The van der Waals surface area contributed by atoms with Gasteiger partial charge in [0.15, 0.2) is 5.16 Å². The highest BCUT2D eigenvalue weighted by atomic mass is 35.5. The van der Waals surface area contributed by atoms with Crippen LogP contribution in [0.4, 0.5) is 0 Å². The highest BCUT2D eigenvalue weighted by Gasteiger charge is 2.28. The molecule has 3 atom stereocenters. The smallest absolute Gasteiger partial charge is 0.230 e. The molecule has 1 aliphatic rings. The Morgan fingerprint density at radius 2 is 2.19 bits per heavy atom. The number of hydrogen-bond acceptors (Lipinski definition) is 4. The fourth-order valence-corrected chi connectivity index (χ4v) is 4.31. The second kappa shape index (κ2) is 8.44. The lowest BCUT2D eigenvalue weighted by molar-refractivity contribution is -0.120. The van der Waals surface area contributed by atoms with Crippen LogP contribution in [0.5, 0.6) is 0 Å². The van der Waals surface area contributed by atoms with Crippen molar-refractivity contribution in [2.75, 3.05) is 5.75 Å². The van der Waals surface area contributed by atoms with Crippen molar-refractivity contribution in [3.8, 4) is 5.69 Å². The van der Waals surface area contributed by atoms with E-state index in [2.05, 4.69) is 29.4 Å². The monoisotopic (exact) mass is 392 g/mol. The zero-order valence-corrected chi connectivity index (χ0v) is 17.0. The van der Waals surface area contributed by atoms with E-state index in [0.717, 1.165) is 17.7 Å². The van der Waals surface area contributed by atoms with E-state index in [9.17, 15) is 4.79 Å². The van der Waals surface area contributed by atoms with Gasteiger partial charge in [-0.05, 0) is 42.9 Å². The van der Waals surface area contributed by atoms with Crippen molar-refractivity contribution in [1.82, 2.24) is 20.1 Å². The Balaban J connectivity index is 1.61. The minimum atomic E-state index is 0.0532. The summed E-state index contributed by atoms with van der Waals surface area (Å²) >= 11 is 7.61. The molecular formula is C19H25ClN4OS. The van der Waals surface area contributed by atoms with Crippen LogP contribution in [-0.2, 0) is 4.79 Å². The molecule has 1 fully saturated rings. The van der Waals surface area contributed by atoms with Crippen LogP contribution in [0.2, 0.25) is 5.02 Å². The molecule has 1 saturated carbocycles. The van der Waals surface area contributed by atoms with E-state index in [0.29, 0.717) is 27.8 Å². The molecule has 0 bridgehead atoms. The highest BCUT2D eigenvalue weighted by Crippen LogP contribution is 2.29. The lowest BCUT2D eigenvalue weighted by Crippen LogP contribution is -2.44. The molecule has 1 aromatic carbocycles. The van der Waals surface area contributed by atoms with Crippen molar-refractivity contribution in [2.45, 2.75) is 51.2 Å². The van der Waals surface area contributed by atoms with Gasteiger partial charge in [-0.25, -0.2) is 0 Å². The molecule has 140 valence electrons. The summed E-state index contributed by atoms with van der Waals surface area (Å²) in [6.07, 6.45) is 5.16. The number of amides is 1. The molecule has 0 aliphatic heterocycles. The molecule has 26 heavy (non-hydrogen) atoms. The van der Waals surface area contributed by atoms with Crippen molar-refractivity contribution in [3.63, 3.8) is 0 Å². The van der Waals surface area contributed by atoms with E-state index in [1.165, 1.54) is 24.6 Å². The molecule has 0 radical (unpaired) electrons. The number of carbonyl (C=O) groups excluding carboxylic acids is 1. The number of halogens is 1. The maximum atomic E-state index is 12.4. The van der Waals surface area contributed by atoms with Crippen LogP contribution >= 0.6 is 23.4 Å². The summed E-state index contributed by atoms with van der Waals surface area (Å²) in [6.45, 7) is 6.47. The number of aromatic nitrogens is 3. The van der Waals surface area contributed by atoms with Gasteiger partial charge in [-0.15, -0.1) is 10.2 Å². The molecule has 0 saturated heterocycles. The van der Waals surface area contributed by atoms with Crippen LogP contribution in [0.3, 0.4) is 0 Å². The Hall–Kier alpha value is -1.53. The van der Waals surface area contributed by atoms with E-state index in [4.69, 9.17) is 11.6 Å². The maximum Gasteiger partial charge on any atom is 0.230 e. The van der Waals surface area contributed by atoms with Crippen molar-refractivity contribution in [3.05, 3.63) is 35.1 Å².